The van der Waals surface area contributed by atoms with Crippen LogP contribution in [0.25, 0.3) is 0 Å². The van der Waals surface area contributed by atoms with Crippen LogP contribution in [-0.4, -0.2) is 28.7 Å². The largest absolute Gasteiger partial charge is 0.481 e. The van der Waals surface area contributed by atoms with Gasteiger partial charge in [-0.3, -0.25) is 4.79 Å². The Morgan fingerprint density at radius 2 is 1.95 bits per heavy atom. The molecule has 1 aromatic rings. The van der Waals surface area contributed by atoms with Crippen LogP contribution < -0.4 is 5.32 Å². The maximum atomic E-state index is 13.3. The molecule has 0 bridgehead atoms. The predicted octanol–water partition coefficient (Wildman–Crippen LogP) is 1.40. The topological polar surface area (TPSA) is 86.6 Å². The molecule has 0 radical (unpaired) electrons. The fourth-order valence-corrected chi connectivity index (χ4v) is 2.14. The first kappa shape index (κ1) is 13.4. The smallest absolute Gasteiger partial charge is 0.338 e. The zero-order valence-electron chi connectivity index (χ0n) is 9.69. The molecule has 0 spiro atoms. The third kappa shape index (κ3) is 2.55. The number of carboxylic acids is 2. The Morgan fingerprint density at radius 3 is 2.47 bits per heavy atom. The van der Waals surface area contributed by atoms with Crippen LogP contribution in [0.1, 0.15) is 28.4 Å². The van der Waals surface area contributed by atoms with E-state index in [0.717, 1.165) is 12.1 Å². The molecule has 1 aliphatic rings. The molecular weight excluding hydrogens is 260 g/mol. The number of aromatic carboxylic acids is 1. The third-order valence-electron chi connectivity index (χ3n) is 3.16. The summed E-state index contributed by atoms with van der Waals surface area (Å²) in [4.78, 5) is 21.6. The molecular formula is C12H11F2NO4. The highest BCUT2D eigenvalue weighted by Crippen LogP contribution is 2.29. The van der Waals surface area contributed by atoms with Crippen molar-refractivity contribution >= 4 is 11.9 Å². The minimum absolute atomic E-state index is 0.208. The van der Waals surface area contributed by atoms with Crippen LogP contribution in [0.5, 0.6) is 0 Å². The van der Waals surface area contributed by atoms with Gasteiger partial charge in [0.15, 0.2) is 11.6 Å². The van der Waals surface area contributed by atoms with E-state index in [1.165, 1.54) is 0 Å². The molecule has 0 aliphatic carbocycles. The number of rotatable bonds is 3. The van der Waals surface area contributed by atoms with Gasteiger partial charge in [0.1, 0.15) is 0 Å². The Kier molecular flexibility index (Phi) is 3.48. The maximum Gasteiger partial charge on any atom is 0.338 e. The minimum Gasteiger partial charge on any atom is -0.481 e. The highest BCUT2D eigenvalue weighted by molar-refractivity contribution is 5.88. The van der Waals surface area contributed by atoms with Crippen molar-refractivity contribution in [1.82, 2.24) is 5.32 Å². The lowest BCUT2D eigenvalue weighted by atomic mass is 9.98. The molecule has 0 saturated carbocycles. The zero-order valence-corrected chi connectivity index (χ0v) is 9.69. The summed E-state index contributed by atoms with van der Waals surface area (Å²) < 4.78 is 26.6. The molecule has 7 heteroatoms. The van der Waals surface area contributed by atoms with Crippen molar-refractivity contribution in [3.8, 4) is 0 Å². The molecule has 19 heavy (non-hydrogen) atoms. The first-order valence-electron chi connectivity index (χ1n) is 5.58. The summed E-state index contributed by atoms with van der Waals surface area (Å²) in [6, 6.07) is 1.43. The summed E-state index contributed by atoms with van der Waals surface area (Å²) in [6.07, 6.45) is 0.208. The molecule has 5 nitrogen and oxygen atoms in total. The molecule has 102 valence electrons. The van der Waals surface area contributed by atoms with Gasteiger partial charge in [0.05, 0.1) is 11.5 Å². The zero-order chi connectivity index (χ0) is 14.2. The number of aliphatic carboxylic acids is 1. The van der Waals surface area contributed by atoms with Crippen molar-refractivity contribution in [3.05, 3.63) is 34.9 Å². The van der Waals surface area contributed by atoms with Gasteiger partial charge in [-0.1, -0.05) is 0 Å². The van der Waals surface area contributed by atoms with E-state index in [-0.39, 0.29) is 18.5 Å². The Balaban J connectivity index is 2.32. The number of benzene rings is 1. The van der Waals surface area contributed by atoms with Crippen molar-refractivity contribution in [2.24, 2.45) is 5.92 Å². The predicted molar refractivity (Wildman–Crippen MR) is 59.8 cm³/mol. The third-order valence-corrected chi connectivity index (χ3v) is 3.16. The summed E-state index contributed by atoms with van der Waals surface area (Å²) in [6.45, 7) is 0.210. The number of hydrogen-bond acceptors (Lipinski definition) is 3. The Bertz CT molecular complexity index is 547. The van der Waals surface area contributed by atoms with Gasteiger partial charge in [0.25, 0.3) is 0 Å². The second-order valence-electron chi connectivity index (χ2n) is 4.40. The van der Waals surface area contributed by atoms with Crippen LogP contribution in [0, 0.1) is 17.6 Å². The van der Waals surface area contributed by atoms with Gasteiger partial charge < -0.3 is 15.5 Å². The molecule has 1 aromatic carbocycles. The minimum atomic E-state index is -1.56. The molecule has 1 aliphatic heterocycles. The van der Waals surface area contributed by atoms with E-state index >= 15 is 0 Å². The van der Waals surface area contributed by atoms with E-state index in [9.17, 15) is 18.4 Å². The second kappa shape index (κ2) is 4.93. The number of halogens is 2. The van der Waals surface area contributed by atoms with Gasteiger partial charge in [0, 0.05) is 12.6 Å². The van der Waals surface area contributed by atoms with Crippen molar-refractivity contribution in [3.63, 3.8) is 0 Å². The molecule has 1 fully saturated rings. The first-order valence-corrected chi connectivity index (χ1v) is 5.58. The van der Waals surface area contributed by atoms with Crippen molar-refractivity contribution in [2.45, 2.75) is 12.5 Å². The van der Waals surface area contributed by atoms with E-state index in [2.05, 4.69) is 5.32 Å². The van der Waals surface area contributed by atoms with E-state index in [4.69, 9.17) is 10.2 Å². The van der Waals surface area contributed by atoms with Crippen molar-refractivity contribution in [1.29, 1.82) is 0 Å². The van der Waals surface area contributed by atoms with Crippen LogP contribution >= 0.6 is 0 Å². The SMILES string of the molecule is O=C(O)c1cc(C2CC(C(=O)O)CN2)cc(F)c1F. The highest BCUT2D eigenvalue weighted by atomic mass is 19.2. The van der Waals surface area contributed by atoms with Gasteiger partial charge in [-0.05, 0) is 24.1 Å². The summed E-state index contributed by atoms with van der Waals surface area (Å²) in [5.41, 5.74) is -0.518. The Labute approximate surface area is 106 Å². The number of nitrogens with one attached hydrogen (secondary N) is 1. The fourth-order valence-electron chi connectivity index (χ4n) is 2.14. The van der Waals surface area contributed by atoms with E-state index in [1.54, 1.807) is 0 Å². The maximum absolute atomic E-state index is 13.3. The second-order valence-corrected chi connectivity index (χ2v) is 4.40. The normalized spacial score (nSPS) is 22.4. The van der Waals surface area contributed by atoms with Crippen LogP contribution in [0.2, 0.25) is 0 Å². The standard InChI is InChI=1S/C12H11F2NO4/c13-8-2-5(1-7(10(8)14)12(18)19)9-3-6(4-15-9)11(16)17/h1-2,6,9,15H,3-4H2,(H,16,17)(H,18,19). The lowest BCUT2D eigenvalue weighted by molar-refractivity contribution is -0.141. The molecule has 0 aromatic heterocycles. The van der Waals surface area contributed by atoms with Gasteiger partial charge >= 0.3 is 11.9 Å². The van der Waals surface area contributed by atoms with Crippen LogP contribution in [-0.2, 0) is 4.79 Å². The summed E-state index contributed by atoms with van der Waals surface area (Å²) in [5, 5.41) is 20.5. The van der Waals surface area contributed by atoms with Crippen molar-refractivity contribution < 1.29 is 28.6 Å². The summed E-state index contributed by atoms with van der Waals surface area (Å²) >= 11 is 0. The van der Waals surface area contributed by atoms with Gasteiger partial charge in [-0.2, -0.15) is 0 Å². The molecule has 2 rings (SSSR count). The number of carboxylic acid groups (broad SMARTS) is 2. The summed E-state index contributed by atoms with van der Waals surface area (Å²) in [5.74, 6) is -5.83. The monoisotopic (exact) mass is 271 g/mol. The van der Waals surface area contributed by atoms with E-state index < -0.39 is 41.1 Å². The van der Waals surface area contributed by atoms with Gasteiger partial charge in [-0.15, -0.1) is 0 Å². The Morgan fingerprint density at radius 1 is 1.26 bits per heavy atom. The van der Waals surface area contributed by atoms with Crippen LogP contribution in [0.15, 0.2) is 12.1 Å². The van der Waals surface area contributed by atoms with Crippen LogP contribution in [0.4, 0.5) is 8.78 Å². The molecule has 0 amide bonds. The number of carbonyl (C=O) groups is 2. The van der Waals surface area contributed by atoms with Gasteiger partial charge in [0.2, 0.25) is 0 Å². The van der Waals surface area contributed by atoms with E-state index in [0.29, 0.717) is 0 Å². The molecule has 3 N–H and O–H groups in total. The molecule has 2 atom stereocenters. The average molecular weight is 271 g/mol. The molecule has 1 saturated heterocycles. The first-order chi connectivity index (χ1) is 8.90. The average Bonchev–Trinajstić information content (AvgIpc) is 2.81. The van der Waals surface area contributed by atoms with E-state index in [1.807, 2.05) is 0 Å². The van der Waals surface area contributed by atoms with Crippen molar-refractivity contribution in [2.75, 3.05) is 6.54 Å². The fraction of sp³-hybridized carbons (Fsp3) is 0.333. The van der Waals surface area contributed by atoms with Gasteiger partial charge in [-0.25, -0.2) is 13.6 Å². The lowest BCUT2D eigenvalue weighted by Gasteiger charge is -2.12. The molecule has 1 heterocycles. The highest BCUT2D eigenvalue weighted by Gasteiger charge is 2.31. The molecule has 2 unspecified atom stereocenters. The summed E-state index contributed by atoms with van der Waals surface area (Å²) in [7, 11) is 0. The quantitative estimate of drug-likeness (QED) is 0.773. The lowest BCUT2D eigenvalue weighted by Crippen LogP contribution is -2.17. The van der Waals surface area contributed by atoms with Crippen LogP contribution in [0.3, 0.4) is 0 Å². The Hall–Kier alpha value is -2.02. The number of hydrogen-bond donors (Lipinski definition) is 3.